The van der Waals surface area contributed by atoms with Crippen LogP contribution in [0.1, 0.15) is 18.4 Å². The first-order valence-corrected chi connectivity index (χ1v) is 7.52. The van der Waals surface area contributed by atoms with Crippen LogP contribution < -0.4 is 4.74 Å². The molecule has 1 N–H and O–H groups in total. The molecule has 4 nitrogen and oxygen atoms in total. The lowest BCUT2D eigenvalue weighted by Crippen LogP contribution is -2.44. The largest absolute Gasteiger partial charge is 0.493 e. The van der Waals surface area contributed by atoms with Gasteiger partial charge in [0.1, 0.15) is 5.75 Å². The molecule has 1 aliphatic rings. The van der Waals surface area contributed by atoms with Gasteiger partial charge >= 0.3 is 0 Å². The predicted octanol–water partition coefficient (Wildman–Crippen LogP) is 2.01. The lowest BCUT2D eigenvalue weighted by Gasteiger charge is -2.32. The second kappa shape index (κ2) is 10.0. The van der Waals surface area contributed by atoms with Gasteiger partial charge < -0.3 is 19.6 Å². The van der Waals surface area contributed by atoms with E-state index in [1.165, 1.54) is 39.1 Å². The van der Waals surface area contributed by atoms with E-state index in [-0.39, 0.29) is 19.0 Å². The molecule has 5 heteroatoms. The number of halogens is 1. The zero-order valence-electron chi connectivity index (χ0n) is 12.8. The van der Waals surface area contributed by atoms with Crippen molar-refractivity contribution in [3.8, 4) is 5.75 Å². The monoisotopic (exact) mass is 314 g/mol. The van der Waals surface area contributed by atoms with Crippen molar-refractivity contribution >= 4 is 12.4 Å². The Labute approximate surface area is 134 Å². The van der Waals surface area contributed by atoms with Gasteiger partial charge in [0.25, 0.3) is 0 Å². The highest BCUT2D eigenvalue weighted by Crippen LogP contribution is 2.17. The zero-order valence-corrected chi connectivity index (χ0v) is 13.6. The van der Waals surface area contributed by atoms with E-state index in [0.29, 0.717) is 0 Å². The maximum Gasteiger partial charge on any atom is 0.124 e. The lowest BCUT2D eigenvalue weighted by atomic mass is 10.2. The number of benzene rings is 1. The molecule has 0 aliphatic carbocycles. The summed E-state index contributed by atoms with van der Waals surface area (Å²) in [6.45, 7) is 6.66. The number of unbranched alkanes of at least 4 members (excludes halogenated alkanes) is 1. The topological polar surface area (TPSA) is 35.9 Å². The number of piperazine rings is 1. The highest BCUT2D eigenvalue weighted by molar-refractivity contribution is 5.85. The van der Waals surface area contributed by atoms with Gasteiger partial charge in [-0.3, -0.25) is 0 Å². The second-order valence-electron chi connectivity index (χ2n) is 5.47. The van der Waals surface area contributed by atoms with E-state index in [0.717, 1.165) is 24.3 Å². The zero-order chi connectivity index (χ0) is 14.2. The van der Waals surface area contributed by atoms with E-state index in [9.17, 15) is 5.11 Å². The summed E-state index contributed by atoms with van der Waals surface area (Å²) in [7, 11) is 2.18. The Morgan fingerprint density at radius 1 is 1.10 bits per heavy atom. The van der Waals surface area contributed by atoms with E-state index in [4.69, 9.17) is 4.74 Å². The summed E-state index contributed by atoms with van der Waals surface area (Å²) in [4.78, 5) is 4.91. The lowest BCUT2D eigenvalue weighted by molar-refractivity contribution is 0.149. The van der Waals surface area contributed by atoms with Crippen LogP contribution in [0.3, 0.4) is 0 Å². The minimum Gasteiger partial charge on any atom is -0.493 e. The van der Waals surface area contributed by atoms with Crippen LogP contribution in [0, 0.1) is 0 Å². The van der Waals surface area contributed by atoms with Crippen LogP contribution in [-0.4, -0.2) is 61.3 Å². The van der Waals surface area contributed by atoms with Gasteiger partial charge in [-0.05, 0) is 32.5 Å². The number of hydrogen-bond acceptors (Lipinski definition) is 4. The molecule has 0 radical (unpaired) electrons. The Morgan fingerprint density at radius 3 is 2.52 bits per heavy atom. The number of likely N-dealkylation sites (N-methyl/N-ethyl adjacent to an activating group) is 1. The number of rotatable bonds is 7. The first kappa shape index (κ1) is 18.2. The Kier molecular flexibility index (Phi) is 8.69. The molecule has 1 heterocycles. The third kappa shape index (κ3) is 6.22. The summed E-state index contributed by atoms with van der Waals surface area (Å²) in [5.74, 6) is 0.814. The van der Waals surface area contributed by atoms with Gasteiger partial charge in [0.2, 0.25) is 0 Å². The summed E-state index contributed by atoms with van der Waals surface area (Å²) in [5.41, 5.74) is 0.867. The Hall–Kier alpha value is -0.810. The molecule has 0 aromatic heterocycles. The third-order valence-electron chi connectivity index (χ3n) is 3.87. The second-order valence-corrected chi connectivity index (χ2v) is 5.47. The van der Waals surface area contributed by atoms with E-state index in [2.05, 4.69) is 16.8 Å². The molecule has 0 bridgehead atoms. The molecule has 0 amide bonds. The first-order valence-electron chi connectivity index (χ1n) is 7.52. The van der Waals surface area contributed by atoms with Crippen LogP contribution in [0.2, 0.25) is 0 Å². The van der Waals surface area contributed by atoms with Gasteiger partial charge in [-0.2, -0.15) is 0 Å². The number of para-hydroxylation sites is 1. The highest BCUT2D eigenvalue weighted by Gasteiger charge is 2.12. The predicted molar refractivity (Wildman–Crippen MR) is 88.3 cm³/mol. The van der Waals surface area contributed by atoms with Gasteiger partial charge in [-0.15, -0.1) is 12.4 Å². The SMILES string of the molecule is CN1CCN(CCCCOc2ccccc2CO)CC1.Cl. The number of aliphatic hydroxyl groups excluding tert-OH is 1. The fraction of sp³-hybridized carbons (Fsp3) is 0.625. The van der Waals surface area contributed by atoms with Crippen LogP contribution >= 0.6 is 12.4 Å². The minimum absolute atomic E-state index is 0. The van der Waals surface area contributed by atoms with Crippen LogP contribution in [-0.2, 0) is 6.61 Å². The van der Waals surface area contributed by atoms with Crippen LogP contribution in [0.15, 0.2) is 24.3 Å². The molecule has 1 aromatic rings. The van der Waals surface area contributed by atoms with Crippen molar-refractivity contribution in [1.29, 1.82) is 0 Å². The normalized spacial score (nSPS) is 16.5. The van der Waals surface area contributed by atoms with Gasteiger partial charge in [-0.25, -0.2) is 0 Å². The van der Waals surface area contributed by atoms with E-state index in [1.54, 1.807) is 0 Å². The van der Waals surface area contributed by atoms with Gasteiger partial charge in [0.15, 0.2) is 0 Å². The van der Waals surface area contributed by atoms with E-state index in [1.807, 2.05) is 24.3 Å². The van der Waals surface area contributed by atoms with Crippen molar-refractivity contribution in [2.45, 2.75) is 19.4 Å². The molecule has 1 saturated heterocycles. The molecule has 0 unspecified atom stereocenters. The number of hydrogen-bond donors (Lipinski definition) is 1. The summed E-state index contributed by atoms with van der Waals surface area (Å²) in [5, 5.41) is 9.22. The van der Waals surface area contributed by atoms with Gasteiger partial charge in [0, 0.05) is 31.7 Å². The molecule has 21 heavy (non-hydrogen) atoms. The Bertz CT molecular complexity index is 396. The van der Waals surface area contributed by atoms with Crippen LogP contribution in [0.4, 0.5) is 0 Å². The fourth-order valence-corrected chi connectivity index (χ4v) is 2.47. The standard InChI is InChI=1S/C16H26N2O2.ClH/c1-17-9-11-18(12-10-17)8-4-5-13-20-16-7-3-2-6-15(16)14-19;/h2-3,6-7,19H,4-5,8-14H2,1H3;1H. The summed E-state index contributed by atoms with van der Waals surface area (Å²) < 4.78 is 5.75. The van der Waals surface area contributed by atoms with Crippen LogP contribution in [0.25, 0.3) is 0 Å². The molecule has 2 rings (SSSR count). The minimum atomic E-state index is 0. The van der Waals surface area contributed by atoms with E-state index < -0.39 is 0 Å². The maximum atomic E-state index is 9.22. The average Bonchev–Trinajstić information content (AvgIpc) is 2.49. The summed E-state index contributed by atoms with van der Waals surface area (Å²) >= 11 is 0. The molecular weight excluding hydrogens is 288 g/mol. The van der Waals surface area contributed by atoms with Crippen molar-refractivity contribution < 1.29 is 9.84 Å². The van der Waals surface area contributed by atoms with Crippen molar-refractivity contribution in [3.63, 3.8) is 0 Å². The summed E-state index contributed by atoms with van der Waals surface area (Å²) in [6, 6.07) is 7.69. The molecule has 120 valence electrons. The Morgan fingerprint density at radius 2 is 1.81 bits per heavy atom. The quantitative estimate of drug-likeness (QED) is 0.781. The number of aliphatic hydroxyl groups is 1. The Balaban J connectivity index is 0.00000220. The molecule has 0 atom stereocenters. The summed E-state index contributed by atoms with van der Waals surface area (Å²) in [6.07, 6.45) is 2.23. The fourth-order valence-electron chi connectivity index (χ4n) is 2.47. The third-order valence-corrected chi connectivity index (χ3v) is 3.87. The van der Waals surface area contributed by atoms with Gasteiger partial charge in [-0.1, -0.05) is 18.2 Å². The van der Waals surface area contributed by atoms with Crippen molar-refractivity contribution in [3.05, 3.63) is 29.8 Å². The van der Waals surface area contributed by atoms with Crippen molar-refractivity contribution in [2.24, 2.45) is 0 Å². The first-order chi connectivity index (χ1) is 9.79. The highest BCUT2D eigenvalue weighted by atomic mass is 35.5. The molecule has 1 aliphatic heterocycles. The van der Waals surface area contributed by atoms with Gasteiger partial charge in [0.05, 0.1) is 13.2 Å². The maximum absolute atomic E-state index is 9.22. The van der Waals surface area contributed by atoms with Crippen LogP contribution in [0.5, 0.6) is 5.75 Å². The average molecular weight is 315 g/mol. The number of ether oxygens (including phenoxy) is 1. The van der Waals surface area contributed by atoms with E-state index >= 15 is 0 Å². The number of nitrogens with zero attached hydrogens (tertiary/aromatic N) is 2. The molecular formula is C16H27ClN2O2. The smallest absolute Gasteiger partial charge is 0.124 e. The molecule has 1 fully saturated rings. The van der Waals surface area contributed by atoms with Crippen molar-refractivity contribution in [2.75, 3.05) is 46.4 Å². The molecule has 1 aromatic carbocycles. The van der Waals surface area contributed by atoms with Crippen molar-refractivity contribution in [1.82, 2.24) is 9.80 Å². The molecule has 0 spiro atoms. The molecule has 0 saturated carbocycles.